The van der Waals surface area contributed by atoms with Crippen molar-refractivity contribution in [2.75, 3.05) is 20.1 Å². The van der Waals surface area contributed by atoms with Crippen LogP contribution in [0.1, 0.15) is 33.1 Å². The lowest BCUT2D eigenvalue weighted by molar-refractivity contribution is -0.142. The van der Waals surface area contributed by atoms with Crippen molar-refractivity contribution in [3.05, 3.63) is 0 Å². The van der Waals surface area contributed by atoms with E-state index in [2.05, 4.69) is 21.3 Å². The first kappa shape index (κ1) is 24.8. The minimum Gasteiger partial charge on any atom is -0.481 e. The maximum atomic E-state index is 12.2. The molecule has 0 spiro atoms. The first-order chi connectivity index (χ1) is 12.6. The minimum atomic E-state index is -1.27. The summed E-state index contributed by atoms with van der Waals surface area (Å²) in [5.74, 6) is -3.40. The number of carboxylic acids is 2. The van der Waals surface area contributed by atoms with Crippen molar-refractivity contribution in [1.29, 1.82) is 0 Å². The highest BCUT2D eigenvalue weighted by molar-refractivity contribution is 5.87. The van der Waals surface area contributed by atoms with Crippen molar-refractivity contribution < 1.29 is 29.4 Å². The molecule has 11 heteroatoms. The number of aliphatic carboxylic acids is 2. The Hall–Kier alpha value is -2.24. The lowest BCUT2D eigenvalue weighted by atomic mass is 10.1. The first-order valence-corrected chi connectivity index (χ1v) is 8.77. The average Bonchev–Trinajstić information content (AvgIpc) is 2.57. The largest absolute Gasteiger partial charge is 0.481 e. The predicted molar refractivity (Wildman–Crippen MR) is 98.0 cm³/mol. The number of amides is 2. The van der Waals surface area contributed by atoms with Crippen molar-refractivity contribution in [2.24, 2.45) is 5.73 Å². The lowest BCUT2D eigenvalue weighted by Crippen LogP contribution is -2.53. The summed E-state index contributed by atoms with van der Waals surface area (Å²) in [5, 5.41) is 28.7. The van der Waals surface area contributed by atoms with E-state index in [-0.39, 0.29) is 37.8 Å². The van der Waals surface area contributed by atoms with E-state index in [4.69, 9.17) is 10.8 Å². The van der Waals surface area contributed by atoms with Crippen molar-refractivity contribution in [3.8, 4) is 0 Å². The molecule has 0 saturated carbocycles. The second kappa shape index (κ2) is 13.0. The standard InChI is InChI=1S/C16H31N5O6/c1-9(2)20-12(8-18-3)15(25)19-7-6-11(16(26)27)21-14(24)10(17)4-5-13(22)23/h9-12,18,20H,4-8,17H2,1-3H3,(H,19,25)(H,21,24)(H,22,23)(H,26,27)/t10-,11?,12-/m0/s1. The summed E-state index contributed by atoms with van der Waals surface area (Å²) in [6, 6.07) is -2.74. The molecule has 27 heavy (non-hydrogen) atoms. The SMILES string of the molecule is CNC[C@H](NC(C)C)C(=O)NCCC(NC(=O)[C@@H](N)CCC(=O)O)C(=O)O. The minimum absolute atomic E-state index is 0.0353. The molecule has 0 aromatic carbocycles. The first-order valence-electron chi connectivity index (χ1n) is 8.77. The Morgan fingerprint density at radius 1 is 1.00 bits per heavy atom. The van der Waals surface area contributed by atoms with E-state index >= 15 is 0 Å². The van der Waals surface area contributed by atoms with Crippen LogP contribution in [0.15, 0.2) is 0 Å². The summed E-state index contributed by atoms with van der Waals surface area (Å²) in [6.07, 6.45) is -0.429. The number of hydrogen-bond donors (Lipinski definition) is 7. The molecule has 0 fully saturated rings. The second-order valence-electron chi connectivity index (χ2n) is 6.45. The van der Waals surface area contributed by atoms with Crippen molar-refractivity contribution in [2.45, 2.75) is 57.3 Å². The summed E-state index contributed by atoms with van der Waals surface area (Å²) in [4.78, 5) is 45.9. The zero-order valence-corrected chi connectivity index (χ0v) is 15.9. The molecule has 0 rings (SSSR count). The number of carbonyl (C=O) groups excluding carboxylic acids is 2. The molecule has 0 aliphatic heterocycles. The van der Waals surface area contributed by atoms with Crippen LogP contribution in [0.3, 0.4) is 0 Å². The van der Waals surface area contributed by atoms with E-state index < -0.39 is 36.0 Å². The molecule has 0 aliphatic rings. The van der Waals surface area contributed by atoms with Crippen LogP contribution in [0.25, 0.3) is 0 Å². The highest BCUT2D eigenvalue weighted by Crippen LogP contribution is 1.98. The zero-order valence-electron chi connectivity index (χ0n) is 15.9. The summed E-state index contributed by atoms with van der Waals surface area (Å²) >= 11 is 0. The number of carbonyl (C=O) groups is 4. The van der Waals surface area contributed by atoms with Gasteiger partial charge in [0.2, 0.25) is 11.8 Å². The van der Waals surface area contributed by atoms with Gasteiger partial charge in [-0.3, -0.25) is 14.4 Å². The van der Waals surface area contributed by atoms with Gasteiger partial charge in [0.25, 0.3) is 0 Å². The number of likely N-dealkylation sites (N-methyl/N-ethyl adjacent to an activating group) is 1. The molecule has 0 saturated heterocycles. The van der Waals surface area contributed by atoms with Crippen LogP contribution in [-0.4, -0.2) is 78.3 Å². The molecule has 11 nitrogen and oxygen atoms in total. The van der Waals surface area contributed by atoms with Gasteiger partial charge in [0.05, 0.1) is 12.1 Å². The molecule has 2 amide bonds. The van der Waals surface area contributed by atoms with Gasteiger partial charge in [-0.15, -0.1) is 0 Å². The van der Waals surface area contributed by atoms with Crippen LogP contribution < -0.4 is 27.0 Å². The molecule has 0 aliphatic carbocycles. The lowest BCUT2D eigenvalue weighted by Gasteiger charge is -2.21. The van der Waals surface area contributed by atoms with E-state index in [1.54, 1.807) is 7.05 Å². The normalized spacial score (nSPS) is 14.3. The van der Waals surface area contributed by atoms with E-state index in [1.165, 1.54) is 0 Å². The Bertz CT molecular complexity index is 514. The fourth-order valence-electron chi connectivity index (χ4n) is 2.24. The van der Waals surface area contributed by atoms with Gasteiger partial charge < -0.3 is 37.2 Å². The third kappa shape index (κ3) is 11.2. The van der Waals surface area contributed by atoms with Crippen LogP contribution in [0.2, 0.25) is 0 Å². The van der Waals surface area contributed by atoms with Crippen molar-refractivity contribution >= 4 is 23.8 Å². The maximum absolute atomic E-state index is 12.2. The third-order valence-corrected chi connectivity index (χ3v) is 3.61. The van der Waals surface area contributed by atoms with E-state index in [0.29, 0.717) is 6.54 Å². The van der Waals surface area contributed by atoms with E-state index in [1.807, 2.05) is 13.8 Å². The molecule has 0 aromatic heterocycles. The number of carboxylic acid groups (broad SMARTS) is 2. The fourth-order valence-corrected chi connectivity index (χ4v) is 2.24. The number of nitrogens with one attached hydrogen (secondary N) is 4. The Kier molecular flexibility index (Phi) is 11.9. The van der Waals surface area contributed by atoms with Crippen LogP contribution in [0.5, 0.6) is 0 Å². The van der Waals surface area contributed by atoms with Crippen LogP contribution in [0, 0.1) is 0 Å². The molecular weight excluding hydrogens is 358 g/mol. The molecule has 0 radical (unpaired) electrons. The molecular formula is C16H31N5O6. The van der Waals surface area contributed by atoms with E-state index in [9.17, 15) is 24.3 Å². The molecule has 1 unspecified atom stereocenters. The second-order valence-corrected chi connectivity index (χ2v) is 6.45. The summed E-state index contributed by atoms with van der Waals surface area (Å²) in [7, 11) is 1.71. The topological polar surface area (TPSA) is 183 Å². The third-order valence-electron chi connectivity index (χ3n) is 3.61. The van der Waals surface area contributed by atoms with Gasteiger partial charge in [0, 0.05) is 25.6 Å². The van der Waals surface area contributed by atoms with Gasteiger partial charge in [-0.1, -0.05) is 13.8 Å². The van der Waals surface area contributed by atoms with Gasteiger partial charge in [-0.25, -0.2) is 4.79 Å². The number of nitrogens with two attached hydrogens (primary N) is 1. The van der Waals surface area contributed by atoms with Gasteiger partial charge in [0.15, 0.2) is 0 Å². The summed E-state index contributed by atoms with van der Waals surface area (Å²) in [6.45, 7) is 4.25. The smallest absolute Gasteiger partial charge is 0.326 e. The van der Waals surface area contributed by atoms with Crippen LogP contribution in [0.4, 0.5) is 0 Å². The Balaban J connectivity index is 4.53. The van der Waals surface area contributed by atoms with Crippen LogP contribution >= 0.6 is 0 Å². The maximum Gasteiger partial charge on any atom is 0.326 e. The Morgan fingerprint density at radius 3 is 2.11 bits per heavy atom. The number of rotatable bonds is 14. The highest BCUT2D eigenvalue weighted by Gasteiger charge is 2.24. The van der Waals surface area contributed by atoms with Crippen LogP contribution in [-0.2, 0) is 19.2 Å². The quantitative estimate of drug-likeness (QED) is 0.174. The molecule has 3 atom stereocenters. The molecule has 0 heterocycles. The van der Waals surface area contributed by atoms with Crippen molar-refractivity contribution in [1.82, 2.24) is 21.3 Å². The predicted octanol–water partition coefficient (Wildman–Crippen LogP) is -2.16. The number of hydrogen-bond acceptors (Lipinski definition) is 7. The van der Waals surface area contributed by atoms with Gasteiger partial charge in [-0.05, 0) is 19.9 Å². The molecule has 8 N–H and O–H groups in total. The zero-order chi connectivity index (χ0) is 21.0. The fraction of sp³-hybridized carbons (Fsp3) is 0.750. The van der Waals surface area contributed by atoms with Gasteiger partial charge in [-0.2, -0.15) is 0 Å². The monoisotopic (exact) mass is 389 g/mol. The molecule has 0 bridgehead atoms. The van der Waals surface area contributed by atoms with Crippen molar-refractivity contribution in [3.63, 3.8) is 0 Å². The summed E-state index contributed by atoms with van der Waals surface area (Å²) < 4.78 is 0. The Labute approximate surface area is 158 Å². The Morgan fingerprint density at radius 2 is 1.63 bits per heavy atom. The average molecular weight is 389 g/mol. The highest BCUT2D eigenvalue weighted by atomic mass is 16.4. The summed E-state index contributed by atoms with van der Waals surface area (Å²) in [5.41, 5.74) is 5.56. The van der Waals surface area contributed by atoms with Gasteiger partial charge >= 0.3 is 11.9 Å². The molecule has 156 valence electrons. The van der Waals surface area contributed by atoms with E-state index in [0.717, 1.165) is 0 Å². The molecule has 0 aromatic rings. The van der Waals surface area contributed by atoms with Gasteiger partial charge in [0.1, 0.15) is 6.04 Å².